The Morgan fingerprint density at radius 1 is 0.700 bits per heavy atom. The molecule has 4 aromatic carbocycles. The van der Waals surface area contributed by atoms with E-state index in [1.54, 1.807) is 19.2 Å². The molecular weight excluding hydrogens is 375 g/mol. The molecule has 4 nitrogen and oxygen atoms in total. The van der Waals surface area contributed by atoms with Crippen molar-refractivity contribution in [3.63, 3.8) is 0 Å². The number of ether oxygens (including phenoxy) is 1. The van der Waals surface area contributed by atoms with Gasteiger partial charge in [0.15, 0.2) is 0 Å². The summed E-state index contributed by atoms with van der Waals surface area (Å²) >= 11 is 0. The summed E-state index contributed by atoms with van der Waals surface area (Å²) in [6, 6.07) is 27.3. The molecule has 30 heavy (non-hydrogen) atoms. The van der Waals surface area contributed by atoms with Crippen molar-refractivity contribution in [1.82, 2.24) is 0 Å². The minimum atomic E-state index is -1.57. The van der Waals surface area contributed by atoms with Crippen LogP contribution in [-0.4, -0.2) is 24.3 Å². The first-order chi connectivity index (χ1) is 14.7. The maximum atomic E-state index is 9.82. The van der Waals surface area contributed by atoms with E-state index in [0.29, 0.717) is 11.2 Å². The van der Waals surface area contributed by atoms with Crippen LogP contribution in [0.15, 0.2) is 89.3 Å². The van der Waals surface area contributed by atoms with Gasteiger partial charge in [0.1, 0.15) is 16.9 Å². The van der Waals surface area contributed by atoms with E-state index in [1.807, 2.05) is 60.7 Å². The monoisotopic (exact) mass is 394 g/mol. The fraction of sp³-hybridized carbons (Fsp3) is 0.0400. The molecule has 2 N–H and O–H groups in total. The van der Waals surface area contributed by atoms with Gasteiger partial charge in [0.2, 0.25) is 0 Å². The molecule has 5 aromatic rings. The van der Waals surface area contributed by atoms with Crippen molar-refractivity contribution in [2.24, 2.45) is 0 Å². The molecule has 0 saturated carbocycles. The van der Waals surface area contributed by atoms with Crippen molar-refractivity contribution < 1.29 is 19.2 Å². The van der Waals surface area contributed by atoms with E-state index >= 15 is 0 Å². The van der Waals surface area contributed by atoms with Gasteiger partial charge in [0.05, 0.1) is 7.11 Å². The van der Waals surface area contributed by atoms with Gasteiger partial charge >= 0.3 is 7.12 Å². The molecule has 0 spiro atoms. The van der Waals surface area contributed by atoms with Gasteiger partial charge in [-0.15, -0.1) is 0 Å². The first-order valence-electron chi connectivity index (χ1n) is 9.71. The number of hydrogen-bond donors (Lipinski definition) is 2. The number of methoxy groups -OCH3 is 1. The normalized spacial score (nSPS) is 11.2. The summed E-state index contributed by atoms with van der Waals surface area (Å²) in [7, 11) is 0.0448. The smallest absolute Gasteiger partial charge is 0.489 e. The Kier molecular flexibility index (Phi) is 4.54. The Hall–Kier alpha value is -3.54. The molecule has 0 radical (unpaired) electrons. The van der Waals surface area contributed by atoms with Gasteiger partial charge in [0, 0.05) is 16.3 Å². The van der Waals surface area contributed by atoms with Crippen LogP contribution in [0, 0.1) is 0 Å². The lowest BCUT2D eigenvalue weighted by Crippen LogP contribution is -2.31. The van der Waals surface area contributed by atoms with Crippen LogP contribution in [-0.2, 0) is 0 Å². The Balaban J connectivity index is 1.69. The summed E-state index contributed by atoms with van der Waals surface area (Å²) in [6.07, 6.45) is 0. The molecule has 0 amide bonds. The van der Waals surface area contributed by atoms with Crippen LogP contribution < -0.4 is 10.2 Å². The van der Waals surface area contributed by atoms with E-state index in [-0.39, 0.29) is 0 Å². The minimum absolute atomic E-state index is 0.434. The summed E-state index contributed by atoms with van der Waals surface area (Å²) in [5, 5.41) is 21.8. The van der Waals surface area contributed by atoms with Crippen molar-refractivity contribution in [2.75, 3.05) is 7.11 Å². The van der Waals surface area contributed by atoms with Crippen molar-refractivity contribution in [2.45, 2.75) is 0 Å². The van der Waals surface area contributed by atoms with Gasteiger partial charge in [-0.3, -0.25) is 0 Å². The Bertz CT molecular complexity index is 1370. The van der Waals surface area contributed by atoms with Gasteiger partial charge in [-0.25, -0.2) is 0 Å². The van der Waals surface area contributed by atoms with Crippen LogP contribution in [0.25, 0.3) is 44.2 Å². The molecule has 1 heterocycles. The van der Waals surface area contributed by atoms with Crippen molar-refractivity contribution in [1.29, 1.82) is 0 Å². The maximum Gasteiger partial charge on any atom is 0.489 e. The number of furan rings is 1. The second kappa shape index (κ2) is 7.37. The lowest BCUT2D eigenvalue weighted by molar-refractivity contribution is 0.416. The highest BCUT2D eigenvalue weighted by atomic mass is 16.5. The number of hydrogen-bond acceptors (Lipinski definition) is 4. The first-order valence-corrected chi connectivity index (χ1v) is 9.71. The first kappa shape index (κ1) is 18.5. The lowest BCUT2D eigenvalue weighted by atomic mass is 9.75. The van der Waals surface area contributed by atoms with Crippen LogP contribution in [0.4, 0.5) is 0 Å². The van der Waals surface area contributed by atoms with E-state index in [9.17, 15) is 10.0 Å². The van der Waals surface area contributed by atoms with Crippen molar-refractivity contribution >= 4 is 34.5 Å². The van der Waals surface area contributed by atoms with Gasteiger partial charge in [-0.1, -0.05) is 54.6 Å². The third-order valence-corrected chi connectivity index (χ3v) is 5.44. The average Bonchev–Trinajstić information content (AvgIpc) is 3.16. The van der Waals surface area contributed by atoms with Crippen molar-refractivity contribution in [3.8, 4) is 28.0 Å². The second-order valence-corrected chi connectivity index (χ2v) is 7.19. The van der Waals surface area contributed by atoms with E-state index in [0.717, 1.165) is 44.2 Å². The molecule has 1 aromatic heterocycles. The summed E-state index contributed by atoms with van der Waals surface area (Å²) in [5.41, 5.74) is 5.72. The molecule has 0 aliphatic rings. The molecule has 5 rings (SSSR count). The Morgan fingerprint density at radius 2 is 1.40 bits per heavy atom. The molecule has 0 aliphatic heterocycles. The molecule has 0 fully saturated rings. The minimum Gasteiger partial charge on any atom is -0.496 e. The van der Waals surface area contributed by atoms with E-state index < -0.39 is 7.12 Å². The van der Waals surface area contributed by atoms with Crippen LogP contribution in [0.5, 0.6) is 5.75 Å². The second-order valence-electron chi connectivity index (χ2n) is 7.19. The molecule has 0 unspecified atom stereocenters. The predicted molar refractivity (Wildman–Crippen MR) is 121 cm³/mol. The van der Waals surface area contributed by atoms with E-state index in [1.165, 1.54) is 0 Å². The standard InChI is InChI=1S/C25H19BO4/c1-29-23-12-10-16(14-20(23)18-6-2-4-8-22(18)26(27)28)17-11-13-25-21(15-17)19-7-3-5-9-24(19)30-25/h2-15,27-28H,1H3. The zero-order chi connectivity index (χ0) is 20.7. The fourth-order valence-corrected chi connectivity index (χ4v) is 3.97. The van der Waals surface area contributed by atoms with Crippen LogP contribution in [0.1, 0.15) is 0 Å². The van der Waals surface area contributed by atoms with Crippen molar-refractivity contribution in [3.05, 3.63) is 84.9 Å². The third kappa shape index (κ3) is 3.05. The number of benzene rings is 4. The average molecular weight is 394 g/mol. The lowest BCUT2D eigenvalue weighted by Gasteiger charge is -2.14. The van der Waals surface area contributed by atoms with Gasteiger partial charge in [0.25, 0.3) is 0 Å². The predicted octanol–water partition coefficient (Wildman–Crippen LogP) is 4.61. The molecule has 0 atom stereocenters. The zero-order valence-electron chi connectivity index (χ0n) is 16.4. The van der Waals surface area contributed by atoms with Gasteiger partial charge < -0.3 is 19.2 Å². The van der Waals surface area contributed by atoms with E-state index in [4.69, 9.17) is 9.15 Å². The third-order valence-electron chi connectivity index (χ3n) is 5.44. The summed E-state index contributed by atoms with van der Waals surface area (Å²) in [4.78, 5) is 0. The van der Waals surface area contributed by atoms with Gasteiger partial charge in [-0.05, 0) is 52.5 Å². The number of para-hydroxylation sites is 1. The highest BCUT2D eigenvalue weighted by molar-refractivity contribution is 6.60. The maximum absolute atomic E-state index is 9.82. The number of fused-ring (bicyclic) bond motifs is 3. The SMILES string of the molecule is COc1ccc(-c2ccc3oc4ccccc4c3c2)cc1-c1ccccc1B(O)O. The largest absolute Gasteiger partial charge is 0.496 e. The highest BCUT2D eigenvalue weighted by Crippen LogP contribution is 2.36. The molecular formula is C25H19BO4. The van der Waals surface area contributed by atoms with Crippen LogP contribution in [0.3, 0.4) is 0 Å². The van der Waals surface area contributed by atoms with E-state index in [2.05, 4.69) is 12.1 Å². The quantitative estimate of drug-likeness (QED) is 0.437. The van der Waals surface area contributed by atoms with Gasteiger partial charge in [-0.2, -0.15) is 0 Å². The molecule has 146 valence electrons. The number of rotatable bonds is 4. The molecule has 0 aliphatic carbocycles. The van der Waals surface area contributed by atoms with Crippen LogP contribution in [0.2, 0.25) is 0 Å². The molecule has 5 heteroatoms. The highest BCUT2D eigenvalue weighted by Gasteiger charge is 2.19. The van der Waals surface area contributed by atoms with Crippen LogP contribution >= 0.6 is 0 Å². The Morgan fingerprint density at radius 3 is 2.23 bits per heavy atom. The Labute approximate surface area is 174 Å². The molecule has 0 bridgehead atoms. The topological polar surface area (TPSA) is 62.8 Å². The molecule has 0 saturated heterocycles. The summed E-state index contributed by atoms with van der Waals surface area (Å²) < 4.78 is 11.5. The fourth-order valence-electron chi connectivity index (χ4n) is 3.97. The summed E-state index contributed by atoms with van der Waals surface area (Å²) in [5.74, 6) is 0.668. The zero-order valence-corrected chi connectivity index (χ0v) is 16.4. The summed E-state index contributed by atoms with van der Waals surface area (Å²) in [6.45, 7) is 0.